The van der Waals surface area contributed by atoms with Crippen molar-refractivity contribution >= 4 is 21.6 Å². The van der Waals surface area contributed by atoms with E-state index in [0.29, 0.717) is 12.1 Å². The van der Waals surface area contributed by atoms with Crippen LogP contribution < -0.4 is 0 Å². The number of nitrogens with zero attached hydrogens (tertiary/aromatic N) is 2. The van der Waals surface area contributed by atoms with Crippen LogP contribution in [0.3, 0.4) is 0 Å². The summed E-state index contributed by atoms with van der Waals surface area (Å²) in [5.41, 5.74) is 0.333. The van der Waals surface area contributed by atoms with Gasteiger partial charge in [-0.2, -0.15) is 0 Å². The van der Waals surface area contributed by atoms with Gasteiger partial charge in [-0.05, 0) is 38.1 Å². The van der Waals surface area contributed by atoms with E-state index in [9.17, 15) is 18.3 Å². The molecule has 1 fully saturated rings. The number of hydrogen-bond acceptors (Lipinski definition) is 5. The first kappa shape index (κ1) is 19.7. The molecule has 29 heavy (non-hydrogen) atoms. The van der Waals surface area contributed by atoms with Crippen molar-refractivity contribution in [2.24, 2.45) is 0 Å². The number of carbonyl (C=O) groups excluding carboxylic acids is 1. The lowest BCUT2D eigenvalue weighted by Gasteiger charge is -2.34. The number of sulfonamides is 1. The Hall–Kier alpha value is -2.64. The summed E-state index contributed by atoms with van der Waals surface area (Å²) in [5, 5.41) is 10.9. The lowest BCUT2D eigenvalue weighted by atomic mass is 10.0. The van der Waals surface area contributed by atoms with E-state index >= 15 is 0 Å². The van der Waals surface area contributed by atoms with Crippen molar-refractivity contribution in [1.29, 1.82) is 0 Å². The first-order valence-corrected chi connectivity index (χ1v) is 11.3. The Morgan fingerprint density at radius 1 is 0.897 bits per heavy atom. The molecule has 6 nitrogen and oxygen atoms in total. The Morgan fingerprint density at radius 2 is 1.55 bits per heavy atom. The van der Waals surface area contributed by atoms with E-state index in [1.165, 1.54) is 18.6 Å². The van der Waals surface area contributed by atoms with Crippen LogP contribution in [0.25, 0.3) is 5.76 Å². The van der Waals surface area contributed by atoms with Crippen molar-refractivity contribution in [2.45, 2.75) is 24.2 Å². The predicted octanol–water partition coefficient (Wildman–Crippen LogP) is 3.29. The first-order valence-electron chi connectivity index (χ1n) is 9.87. The number of rotatable bonds is 4. The predicted molar refractivity (Wildman–Crippen MR) is 111 cm³/mol. The number of ketones is 1. The Bertz CT molecular complexity index is 1040. The maximum atomic E-state index is 13.4. The molecule has 2 aliphatic rings. The molecule has 0 atom stereocenters. The van der Waals surface area contributed by atoms with Crippen LogP contribution in [-0.4, -0.2) is 54.7 Å². The third-order valence-electron chi connectivity index (χ3n) is 5.50. The molecular formula is C22H24N2O4S. The number of likely N-dealkylation sites (tertiary alicyclic amines) is 1. The van der Waals surface area contributed by atoms with Crippen LogP contribution in [0.5, 0.6) is 0 Å². The second-order valence-electron chi connectivity index (χ2n) is 7.37. The Morgan fingerprint density at radius 3 is 2.28 bits per heavy atom. The lowest BCUT2D eigenvalue weighted by Crippen LogP contribution is -2.44. The van der Waals surface area contributed by atoms with E-state index in [2.05, 4.69) is 4.90 Å². The fraction of sp³-hybridized carbons (Fsp3) is 0.318. The molecule has 0 spiro atoms. The summed E-state index contributed by atoms with van der Waals surface area (Å²) in [6, 6.07) is 14.8. The lowest BCUT2D eigenvalue weighted by molar-refractivity contribution is 0.0995. The van der Waals surface area contributed by atoms with Crippen LogP contribution in [0.2, 0.25) is 0 Å². The van der Waals surface area contributed by atoms with E-state index < -0.39 is 15.8 Å². The third kappa shape index (κ3) is 3.68. The molecule has 0 radical (unpaired) electrons. The largest absolute Gasteiger partial charge is 0.505 e. The molecule has 2 aromatic carbocycles. The highest BCUT2D eigenvalue weighted by Crippen LogP contribution is 2.35. The van der Waals surface area contributed by atoms with Crippen molar-refractivity contribution < 1.29 is 18.3 Å². The van der Waals surface area contributed by atoms with Crippen molar-refractivity contribution in [3.63, 3.8) is 0 Å². The number of aliphatic hydroxyl groups excluding tert-OH is 1. The van der Waals surface area contributed by atoms with Crippen LogP contribution in [0.1, 0.15) is 35.2 Å². The molecule has 0 aliphatic carbocycles. The van der Waals surface area contributed by atoms with Crippen molar-refractivity contribution in [2.75, 3.05) is 26.2 Å². The summed E-state index contributed by atoms with van der Waals surface area (Å²) in [6.45, 7) is 2.47. The fourth-order valence-electron chi connectivity index (χ4n) is 3.96. The van der Waals surface area contributed by atoms with E-state index in [4.69, 9.17) is 0 Å². The average molecular weight is 413 g/mol. The Labute approximate surface area is 171 Å². The third-order valence-corrected chi connectivity index (χ3v) is 7.36. The molecule has 152 valence electrons. The zero-order valence-electron chi connectivity index (χ0n) is 16.1. The smallest absolute Gasteiger partial charge is 0.265 e. The van der Waals surface area contributed by atoms with Gasteiger partial charge in [-0.25, -0.2) is 8.42 Å². The van der Waals surface area contributed by atoms with Gasteiger partial charge in [0.1, 0.15) is 5.70 Å². The second kappa shape index (κ2) is 8.00. The molecule has 0 unspecified atom stereocenters. The van der Waals surface area contributed by atoms with Gasteiger partial charge in [-0.1, -0.05) is 48.9 Å². The zero-order valence-corrected chi connectivity index (χ0v) is 16.9. The maximum Gasteiger partial charge on any atom is 0.265 e. The molecule has 1 N–H and O–H groups in total. The van der Waals surface area contributed by atoms with Gasteiger partial charge in [-0.15, -0.1) is 0 Å². The number of hydrogen-bond donors (Lipinski definition) is 1. The standard InChI is InChI=1S/C22H24N2O4S/c25-21(17-9-3-1-4-10-17)20-22(26)18-11-5-6-12-19(18)29(27,28)24(20)16-15-23-13-7-2-8-14-23/h1,3-6,9-12,25H,2,7-8,13-16H2. The Kier molecular flexibility index (Phi) is 5.43. The van der Waals surface area contributed by atoms with Crippen molar-refractivity contribution in [1.82, 2.24) is 9.21 Å². The van der Waals surface area contributed by atoms with E-state index in [1.807, 2.05) is 0 Å². The van der Waals surface area contributed by atoms with Crippen molar-refractivity contribution in [3.05, 3.63) is 71.4 Å². The summed E-state index contributed by atoms with van der Waals surface area (Å²) in [4.78, 5) is 15.4. The monoisotopic (exact) mass is 412 g/mol. The molecule has 2 heterocycles. The van der Waals surface area contributed by atoms with Crippen LogP contribution in [0, 0.1) is 0 Å². The van der Waals surface area contributed by atoms with Gasteiger partial charge in [0.05, 0.1) is 4.90 Å². The van der Waals surface area contributed by atoms with Crippen LogP contribution >= 0.6 is 0 Å². The zero-order chi connectivity index (χ0) is 20.4. The first-order chi connectivity index (χ1) is 14.0. The quantitative estimate of drug-likeness (QED) is 0.616. The molecule has 4 rings (SSSR count). The average Bonchev–Trinajstić information content (AvgIpc) is 2.76. The van der Waals surface area contributed by atoms with E-state index in [0.717, 1.165) is 30.2 Å². The van der Waals surface area contributed by atoms with Crippen LogP contribution in [0.15, 0.2) is 65.2 Å². The normalized spacial score (nSPS) is 21.0. The van der Waals surface area contributed by atoms with Crippen LogP contribution in [-0.2, 0) is 10.0 Å². The van der Waals surface area contributed by atoms with E-state index in [-0.39, 0.29) is 28.5 Å². The van der Waals surface area contributed by atoms with Crippen molar-refractivity contribution in [3.8, 4) is 0 Å². The fourth-order valence-corrected chi connectivity index (χ4v) is 5.62. The summed E-state index contributed by atoms with van der Waals surface area (Å²) in [6.07, 6.45) is 3.36. The number of aliphatic hydroxyl groups is 1. The molecule has 2 aromatic rings. The second-order valence-corrected chi connectivity index (χ2v) is 9.20. The highest BCUT2D eigenvalue weighted by atomic mass is 32.2. The minimum atomic E-state index is -3.95. The van der Waals surface area contributed by atoms with Gasteiger partial charge in [-0.3, -0.25) is 9.10 Å². The highest BCUT2D eigenvalue weighted by Gasteiger charge is 2.41. The molecular weight excluding hydrogens is 388 g/mol. The SMILES string of the molecule is O=C1C(=C(O)c2ccccc2)N(CCN2CCCCC2)S(=O)(=O)c2ccccc21. The van der Waals surface area contributed by atoms with E-state index in [1.54, 1.807) is 42.5 Å². The topological polar surface area (TPSA) is 77.9 Å². The molecule has 0 saturated carbocycles. The van der Waals surface area contributed by atoms with Gasteiger partial charge in [0.15, 0.2) is 5.76 Å². The number of carbonyl (C=O) groups is 1. The molecule has 0 bridgehead atoms. The minimum Gasteiger partial charge on any atom is -0.505 e. The van der Waals surface area contributed by atoms with Gasteiger partial charge in [0, 0.05) is 24.2 Å². The number of Topliss-reactive ketones (excluding diaryl/α,β-unsaturated/α-hetero) is 1. The van der Waals surface area contributed by atoms with Gasteiger partial charge in [0.25, 0.3) is 10.0 Å². The van der Waals surface area contributed by atoms with Gasteiger partial charge >= 0.3 is 0 Å². The maximum absolute atomic E-state index is 13.4. The molecule has 1 saturated heterocycles. The molecule has 0 amide bonds. The summed E-state index contributed by atoms with van der Waals surface area (Å²) in [5.74, 6) is -0.789. The number of benzene rings is 2. The molecule has 7 heteroatoms. The minimum absolute atomic E-state index is 0.00624. The molecule has 0 aromatic heterocycles. The number of fused-ring (bicyclic) bond motifs is 1. The Balaban J connectivity index is 1.80. The number of piperidine rings is 1. The van der Waals surface area contributed by atoms with Gasteiger partial charge < -0.3 is 10.0 Å². The van der Waals surface area contributed by atoms with Crippen LogP contribution in [0.4, 0.5) is 0 Å². The molecule has 2 aliphatic heterocycles. The summed E-state index contributed by atoms with van der Waals surface area (Å²) >= 11 is 0. The summed E-state index contributed by atoms with van der Waals surface area (Å²) in [7, 11) is -3.95. The van der Waals surface area contributed by atoms with Gasteiger partial charge in [0.2, 0.25) is 5.78 Å². The summed E-state index contributed by atoms with van der Waals surface area (Å²) < 4.78 is 27.8. The highest BCUT2D eigenvalue weighted by molar-refractivity contribution is 7.89. The number of allylic oxidation sites excluding steroid dienone is 1.